The summed E-state index contributed by atoms with van der Waals surface area (Å²) in [5.41, 5.74) is 1.92. The van der Waals surface area contributed by atoms with E-state index in [1.165, 1.54) is 12.8 Å². The maximum Gasteiger partial charge on any atom is 0.319 e. The van der Waals surface area contributed by atoms with Gasteiger partial charge in [-0.2, -0.15) is 5.10 Å². The van der Waals surface area contributed by atoms with Crippen molar-refractivity contribution in [2.24, 2.45) is 0 Å². The molecule has 1 aromatic heterocycles. The Balaban J connectivity index is 0.000000775. The minimum atomic E-state index is -0.250. The number of carbonyl (C=O) groups is 3. The van der Waals surface area contributed by atoms with Crippen LogP contribution in [0.15, 0.2) is 18.2 Å². The first-order valence-electron chi connectivity index (χ1n) is 11.3. The summed E-state index contributed by atoms with van der Waals surface area (Å²) in [6, 6.07) is 5.92. The van der Waals surface area contributed by atoms with Gasteiger partial charge in [0.25, 0.3) is 12.4 Å². The highest BCUT2D eigenvalue weighted by Gasteiger charge is 2.33. The molecular weight excluding hydrogens is 412 g/mol. The fourth-order valence-electron chi connectivity index (χ4n) is 4.97. The number of piperidine rings is 1. The van der Waals surface area contributed by atoms with Gasteiger partial charge in [0.1, 0.15) is 0 Å². The molecule has 10 heteroatoms. The number of fused-ring (bicyclic) bond motifs is 5. The van der Waals surface area contributed by atoms with Gasteiger partial charge >= 0.3 is 6.03 Å². The molecule has 0 radical (unpaired) electrons. The van der Waals surface area contributed by atoms with Crippen LogP contribution in [0.2, 0.25) is 0 Å². The van der Waals surface area contributed by atoms with Crippen molar-refractivity contribution in [1.82, 2.24) is 25.3 Å². The van der Waals surface area contributed by atoms with Gasteiger partial charge < -0.3 is 25.5 Å². The zero-order valence-corrected chi connectivity index (χ0v) is 18.0. The number of rotatable bonds is 3. The lowest BCUT2D eigenvalue weighted by Crippen LogP contribution is -2.41. The van der Waals surface area contributed by atoms with Crippen molar-refractivity contribution in [3.8, 4) is 0 Å². The zero-order valence-electron chi connectivity index (χ0n) is 18.0. The number of benzene rings is 1. The lowest BCUT2D eigenvalue weighted by molar-refractivity contribution is -0.122. The maximum absolute atomic E-state index is 13.3. The minimum Gasteiger partial charge on any atom is -0.483 e. The van der Waals surface area contributed by atoms with Crippen LogP contribution in [0.3, 0.4) is 0 Å². The standard InChI is InChI=1S/C21H28N6O2.CH2O2/c28-20(27-12-11-26-9-7-16(27)8-10-26)19-17-13-15(5-6-18(17)24-25-19)23-21(29)22-14-3-1-2-4-14;2-1-3/h5-6,13-14,16H,1-4,7-12H2,(H,24,25)(H2,22,23,29);1H,(H,2,3). The Morgan fingerprint density at radius 3 is 2.53 bits per heavy atom. The molecular formula is C22H30N6O4. The quantitative estimate of drug-likeness (QED) is 0.539. The topological polar surface area (TPSA) is 131 Å². The Morgan fingerprint density at radius 1 is 1.09 bits per heavy atom. The third-order valence-corrected chi connectivity index (χ3v) is 6.63. The van der Waals surface area contributed by atoms with Gasteiger partial charge in [0.15, 0.2) is 5.69 Å². The van der Waals surface area contributed by atoms with Crippen molar-refractivity contribution in [2.45, 2.75) is 50.6 Å². The molecule has 3 aliphatic heterocycles. The third-order valence-electron chi connectivity index (χ3n) is 6.63. The largest absolute Gasteiger partial charge is 0.483 e. The number of nitrogens with one attached hydrogen (secondary N) is 3. The number of aromatic nitrogens is 2. The second-order valence-corrected chi connectivity index (χ2v) is 8.59. The second-order valence-electron chi connectivity index (χ2n) is 8.59. The summed E-state index contributed by atoms with van der Waals surface area (Å²) < 4.78 is 0. The Bertz CT molecular complexity index is 962. The molecule has 3 amide bonds. The third kappa shape index (κ3) is 4.85. The summed E-state index contributed by atoms with van der Waals surface area (Å²) in [6.07, 6.45) is 6.49. The molecule has 4 N–H and O–H groups in total. The smallest absolute Gasteiger partial charge is 0.319 e. The molecule has 0 unspecified atom stereocenters. The molecule has 32 heavy (non-hydrogen) atoms. The first kappa shape index (κ1) is 22.1. The van der Waals surface area contributed by atoms with Gasteiger partial charge in [-0.05, 0) is 43.9 Å². The number of anilines is 1. The van der Waals surface area contributed by atoms with Crippen molar-refractivity contribution in [1.29, 1.82) is 0 Å². The van der Waals surface area contributed by atoms with Crippen LogP contribution in [-0.4, -0.2) is 81.8 Å². The molecule has 10 nitrogen and oxygen atoms in total. The van der Waals surface area contributed by atoms with Gasteiger partial charge in [0, 0.05) is 49.3 Å². The van der Waals surface area contributed by atoms with E-state index in [0.717, 1.165) is 62.8 Å². The number of amides is 3. The summed E-state index contributed by atoms with van der Waals surface area (Å²) in [5, 5.41) is 20.9. The number of hydrogen-bond acceptors (Lipinski definition) is 5. The lowest BCUT2D eigenvalue weighted by Gasteiger charge is -2.31. The Labute approximate surface area is 186 Å². The Morgan fingerprint density at radius 2 is 1.81 bits per heavy atom. The molecule has 1 aromatic carbocycles. The molecule has 4 aliphatic rings. The fraction of sp³-hybridized carbons (Fsp3) is 0.545. The van der Waals surface area contributed by atoms with Crippen LogP contribution in [0.4, 0.5) is 10.5 Å². The number of aromatic amines is 1. The van der Waals surface area contributed by atoms with Gasteiger partial charge in [-0.15, -0.1) is 0 Å². The van der Waals surface area contributed by atoms with Crippen molar-refractivity contribution in [2.75, 3.05) is 31.5 Å². The van der Waals surface area contributed by atoms with Crippen LogP contribution in [0.5, 0.6) is 0 Å². The highest BCUT2D eigenvalue weighted by molar-refractivity contribution is 6.06. The summed E-state index contributed by atoms with van der Waals surface area (Å²) in [5.74, 6) is -0.0162. The van der Waals surface area contributed by atoms with Crippen molar-refractivity contribution >= 4 is 35.0 Å². The molecule has 4 fully saturated rings. The molecule has 4 heterocycles. The summed E-state index contributed by atoms with van der Waals surface area (Å²) >= 11 is 0. The SMILES string of the molecule is O=C(Nc1ccc2[nH]nc(C(=O)N3CCN4CCC3CC4)c2c1)NC1CCCC1.O=CO. The van der Waals surface area contributed by atoms with E-state index in [9.17, 15) is 9.59 Å². The van der Waals surface area contributed by atoms with Crippen molar-refractivity contribution in [3.63, 3.8) is 0 Å². The van der Waals surface area contributed by atoms with Crippen molar-refractivity contribution < 1.29 is 19.5 Å². The summed E-state index contributed by atoms with van der Waals surface area (Å²) in [4.78, 5) is 38.4. The first-order chi connectivity index (χ1) is 15.6. The molecule has 0 atom stereocenters. The van der Waals surface area contributed by atoms with E-state index in [1.807, 2.05) is 23.1 Å². The number of hydrogen-bond donors (Lipinski definition) is 4. The van der Waals surface area contributed by atoms with Crippen LogP contribution < -0.4 is 10.6 Å². The summed E-state index contributed by atoms with van der Waals surface area (Å²) in [7, 11) is 0. The van der Waals surface area contributed by atoms with Crippen LogP contribution in [0.25, 0.3) is 10.9 Å². The van der Waals surface area contributed by atoms with Gasteiger partial charge in [-0.3, -0.25) is 14.7 Å². The second kappa shape index (κ2) is 9.99. The molecule has 172 valence electrons. The maximum atomic E-state index is 13.3. The summed E-state index contributed by atoms with van der Waals surface area (Å²) in [6.45, 7) is 3.57. The molecule has 6 rings (SSSR count). The highest BCUT2D eigenvalue weighted by atomic mass is 16.3. The molecule has 2 bridgehead atoms. The van der Waals surface area contributed by atoms with Crippen LogP contribution in [0.1, 0.15) is 49.0 Å². The van der Waals surface area contributed by atoms with E-state index in [1.54, 1.807) is 0 Å². The number of urea groups is 1. The van der Waals surface area contributed by atoms with Crippen LogP contribution in [-0.2, 0) is 4.79 Å². The number of carboxylic acid groups (broad SMARTS) is 1. The van der Waals surface area contributed by atoms with Gasteiger partial charge in [-0.25, -0.2) is 4.79 Å². The molecule has 1 saturated carbocycles. The predicted molar refractivity (Wildman–Crippen MR) is 120 cm³/mol. The predicted octanol–water partition coefficient (Wildman–Crippen LogP) is 2.25. The van der Waals surface area contributed by atoms with Crippen LogP contribution in [0, 0.1) is 0 Å². The van der Waals surface area contributed by atoms with Crippen LogP contribution >= 0.6 is 0 Å². The lowest BCUT2D eigenvalue weighted by atomic mass is 10.0. The normalized spacial score (nSPS) is 22.7. The van der Waals surface area contributed by atoms with Gasteiger partial charge in [-0.1, -0.05) is 12.8 Å². The zero-order chi connectivity index (χ0) is 22.5. The van der Waals surface area contributed by atoms with Crippen molar-refractivity contribution in [3.05, 3.63) is 23.9 Å². The van der Waals surface area contributed by atoms with E-state index in [2.05, 4.69) is 25.7 Å². The Hall–Kier alpha value is -3.14. The van der Waals surface area contributed by atoms with Gasteiger partial charge in [0.2, 0.25) is 0 Å². The van der Waals surface area contributed by atoms with Gasteiger partial charge in [0.05, 0.1) is 5.52 Å². The Kier molecular flexibility index (Phi) is 6.89. The minimum absolute atomic E-state index is 0.0162. The number of H-pyrrole nitrogens is 1. The average Bonchev–Trinajstić information content (AvgIpc) is 3.34. The average molecular weight is 443 g/mol. The van der Waals surface area contributed by atoms with E-state index in [4.69, 9.17) is 9.90 Å². The van der Waals surface area contributed by atoms with E-state index in [0.29, 0.717) is 17.4 Å². The highest BCUT2D eigenvalue weighted by Crippen LogP contribution is 2.26. The van der Waals surface area contributed by atoms with E-state index >= 15 is 0 Å². The number of carbonyl (C=O) groups excluding carboxylic acids is 2. The first-order valence-corrected chi connectivity index (χ1v) is 11.3. The molecule has 3 saturated heterocycles. The van der Waals surface area contributed by atoms with E-state index in [-0.39, 0.29) is 24.5 Å². The number of nitrogens with zero attached hydrogens (tertiary/aromatic N) is 3. The van der Waals surface area contributed by atoms with E-state index < -0.39 is 0 Å². The molecule has 2 aromatic rings. The molecule has 1 aliphatic carbocycles. The molecule has 0 spiro atoms. The monoisotopic (exact) mass is 442 g/mol. The fourth-order valence-corrected chi connectivity index (χ4v) is 4.97.